The van der Waals surface area contributed by atoms with E-state index in [-0.39, 0.29) is 6.73 Å². The van der Waals surface area contributed by atoms with Crippen molar-refractivity contribution in [3.05, 3.63) is 0 Å². The third-order valence-corrected chi connectivity index (χ3v) is 2.32. The van der Waals surface area contributed by atoms with Gasteiger partial charge in [-0.2, -0.15) is 12.6 Å². The van der Waals surface area contributed by atoms with Crippen LogP contribution >= 0.6 is 25.4 Å². The van der Waals surface area contributed by atoms with Crippen LogP contribution in [0.1, 0.15) is 13.8 Å². The fraction of sp³-hybridized carbons (Fsp3) is 0.778. The van der Waals surface area contributed by atoms with Crippen LogP contribution in [0.4, 0.5) is 0 Å². The first-order valence-electron chi connectivity index (χ1n) is 5.14. The number of hydrogen-bond donors (Lipinski definition) is 5. The Morgan fingerprint density at radius 1 is 1.28 bits per heavy atom. The van der Waals surface area contributed by atoms with Gasteiger partial charge in [0.15, 0.2) is 0 Å². The van der Waals surface area contributed by atoms with E-state index in [2.05, 4.69) is 25.4 Å². The third kappa shape index (κ3) is 10.7. The summed E-state index contributed by atoms with van der Waals surface area (Å²) in [4.78, 5) is 22.0. The Labute approximate surface area is 117 Å². The normalized spacial score (nSPS) is 11.5. The number of aliphatic hydroxyl groups is 2. The predicted molar refractivity (Wildman–Crippen MR) is 73.3 cm³/mol. The molecule has 0 aliphatic carbocycles. The molecule has 108 valence electrons. The van der Waals surface area contributed by atoms with E-state index in [1.165, 1.54) is 11.2 Å². The fourth-order valence-electron chi connectivity index (χ4n) is 0.725. The molecule has 3 N–H and O–H groups in total. The van der Waals surface area contributed by atoms with E-state index in [0.29, 0.717) is 0 Å². The summed E-state index contributed by atoms with van der Waals surface area (Å²) in [6.07, 6.45) is 0. The highest BCUT2D eigenvalue weighted by Crippen LogP contribution is 1.99. The van der Waals surface area contributed by atoms with Crippen LogP contribution in [0.25, 0.3) is 0 Å². The minimum Gasteiger partial charge on any atom is -0.480 e. The summed E-state index contributed by atoms with van der Waals surface area (Å²) in [5.41, 5.74) is 0. The van der Waals surface area contributed by atoms with Gasteiger partial charge in [0.05, 0.1) is 5.25 Å². The lowest BCUT2D eigenvalue weighted by Crippen LogP contribution is -2.39. The summed E-state index contributed by atoms with van der Waals surface area (Å²) < 4.78 is 1.50. The molecule has 1 amide bonds. The van der Waals surface area contributed by atoms with Crippen LogP contribution in [0.3, 0.4) is 0 Å². The average Bonchev–Trinajstić information content (AvgIpc) is 2.34. The largest absolute Gasteiger partial charge is 0.480 e. The maximum Gasteiger partial charge on any atom is 0.323 e. The van der Waals surface area contributed by atoms with Crippen LogP contribution in [0, 0.1) is 0 Å². The molecule has 0 bridgehead atoms. The monoisotopic (exact) mass is 300 g/mol. The molecule has 0 fully saturated rings. The van der Waals surface area contributed by atoms with E-state index in [4.69, 9.17) is 15.3 Å². The van der Waals surface area contributed by atoms with Crippen molar-refractivity contribution in [3.63, 3.8) is 0 Å². The summed E-state index contributed by atoms with van der Waals surface area (Å²) in [5, 5.41) is 24.5. The predicted octanol–water partition coefficient (Wildman–Crippen LogP) is -0.729. The van der Waals surface area contributed by atoms with Crippen LogP contribution in [-0.2, 0) is 9.59 Å². The van der Waals surface area contributed by atoms with Gasteiger partial charge in [0.1, 0.15) is 20.0 Å². The van der Waals surface area contributed by atoms with Crippen LogP contribution in [0.5, 0.6) is 0 Å². The average molecular weight is 300 g/mol. The molecule has 1 atom stereocenters. The number of rotatable bonds is 6. The lowest BCUT2D eigenvalue weighted by Gasteiger charge is -2.18. The van der Waals surface area contributed by atoms with Gasteiger partial charge in [0.2, 0.25) is 5.91 Å². The van der Waals surface area contributed by atoms with Gasteiger partial charge in [-0.05, 0) is 6.92 Å². The molecule has 0 radical (unpaired) electrons. The van der Waals surface area contributed by atoms with Crippen molar-refractivity contribution in [1.82, 2.24) is 9.21 Å². The van der Waals surface area contributed by atoms with Crippen molar-refractivity contribution in [2.45, 2.75) is 19.1 Å². The number of carbonyl (C=O) groups is 2. The van der Waals surface area contributed by atoms with Crippen LogP contribution < -0.4 is 0 Å². The maximum absolute atomic E-state index is 11.0. The molecule has 0 aromatic rings. The third-order valence-electron chi connectivity index (χ3n) is 1.69. The zero-order valence-corrected chi connectivity index (χ0v) is 12.1. The highest BCUT2D eigenvalue weighted by atomic mass is 32.1. The van der Waals surface area contributed by atoms with Gasteiger partial charge in [-0.15, -0.1) is 0 Å². The Hall–Kier alpha value is -0.480. The number of amides is 1. The minimum atomic E-state index is -1.16. The molecule has 0 heterocycles. The molecule has 0 spiro atoms. The first kappa shape index (κ1) is 19.9. The molecule has 1 unspecified atom stereocenters. The fourth-order valence-corrected chi connectivity index (χ4v) is 0.888. The topological polar surface area (TPSA) is 101 Å². The van der Waals surface area contributed by atoms with E-state index in [1.54, 1.807) is 0 Å². The van der Waals surface area contributed by atoms with Gasteiger partial charge in [-0.1, -0.05) is 19.7 Å². The van der Waals surface area contributed by atoms with Gasteiger partial charge < -0.3 is 20.2 Å². The Bertz CT molecular complexity index is 249. The molecule has 0 rings (SSSR count). The molecular formula is C9H20N2O5S2. The summed E-state index contributed by atoms with van der Waals surface area (Å²) in [5.74, 6) is -1.66. The van der Waals surface area contributed by atoms with Gasteiger partial charge in [0, 0.05) is 6.54 Å². The molecule has 0 aromatic carbocycles. The number of carbonyl (C=O) groups excluding carboxylic acids is 1. The highest BCUT2D eigenvalue weighted by molar-refractivity contribution is 7.81. The second kappa shape index (κ2) is 11.6. The van der Waals surface area contributed by atoms with E-state index in [1.807, 2.05) is 6.92 Å². The second-order valence-electron chi connectivity index (χ2n) is 3.21. The van der Waals surface area contributed by atoms with E-state index >= 15 is 0 Å². The Morgan fingerprint density at radius 3 is 1.94 bits per heavy atom. The lowest BCUT2D eigenvalue weighted by molar-refractivity contribution is -0.146. The Balaban J connectivity index is 0. The summed E-state index contributed by atoms with van der Waals surface area (Å²) in [6, 6.07) is 0. The van der Waals surface area contributed by atoms with Crippen molar-refractivity contribution in [3.8, 4) is 0 Å². The van der Waals surface area contributed by atoms with Crippen LogP contribution in [0.2, 0.25) is 0 Å². The number of hydrogen-bond acceptors (Lipinski definition) is 7. The quantitative estimate of drug-likeness (QED) is 0.327. The highest BCUT2D eigenvalue weighted by Gasteiger charge is 2.18. The summed E-state index contributed by atoms with van der Waals surface area (Å²) in [6.45, 7) is 3.13. The first-order chi connectivity index (χ1) is 8.29. The van der Waals surface area contributed by atoms with Gasteiger partial charge in [0.25, 0.3) is 0 Å². The molecule has 0 aromatic heterocycles. The minimum absolute atomic E-state index is 0.0274. The Kier molecular flexibility index (Phi) is 12.8. The number of nitrogens with zero attached hydrogens (tertiary/aromatic N) is 2. The van der Waals surface area contributed by atoms with Crippen LogP contribution in [-0.4, -0.2) is 68.2 Å². The first-order valence-corrected chi connectivity index (χ1v) is 6.05. The Morgan fingerprint density at radius 2 is 1.78 bits per heavy atom. The SMILES string of the molecule is CC(S)C(=O)N(CO)CC(=O)O.CCN(S)CO. The molecular weight excluding hydrogens is 280 g/mol. The van der Waals surface area contributed by atoms with Crippen molar-refractivity contribution < 1.29 is 24.9 Å². The number of aliphatic carboxylic acids is 1. The summed E-state index contributed by atoms with van der Waals surface area (Å²) in [7, 11) is 0. The maximum atomic E-state index is 11.0. The molecule has 0 aliphatic rings. The zero-order chi connectivity index (χ0) is 14.7. The smallest absolute Gasteiger partial charge is 0.323 e. The molecule has 0 saturated carbocycles. The van der Waals surface area contributed by atoms with Gasteiger partial charge in [-0.25, -0.2) is 4.31 Å². The molecule has 9 heteroatoms. The van der Waals surface area contributed by atoms with Crippen molar-refractivity contribution in [1.29, 1.82) is 0 Å². The number of aliphatic hydroxyl groups excluding tert-OH is 2. The summed E-state index contributed by atoms with van der Waals surface area (Å²) >= 11 is 7.63. The molecule has 7 nitrogen and oxygen atoms in total. The molecule has 18 heavy (non-hydrogen) atoms. The van der Waals surface area contributed by atoms with Crippen LogP contribution in [0.15, 0.2) is 0 Å². The molecule has 0 aliphatic heterocycles. The van der Waals surface area contributed by atoms with Crippen molar-refractivity contribution >= 4 is 37.3 Å². The van der Waals surface area contributed by atoms with Crippen molar-refractivity contribution in [2.75, 3.05) is 26.6 Å². The van der Waals surface area contributed by atoms with Gasteiger partial charge in [-0.3, -0.25) is 9.59 Å². The van der Waals surface area contributed by atoms with Gasteiger partial charge >= 0.3 is 5.97 Å². The van der Waals surface area contributed by atoms with E-state index in [9.17, 15) is 9.59 Å². The second-order valence-corrected chi connectivity index (χ2v) is 4.55. The number of carboxylic acid groups (broad SMARTS) is 1. The van der Waals surface area contributed by atoms with Crippen molar-refractivity contribution in [2.24, 2.45) is 0 Å². The molecule has 0 saturated heterocycles. The van der Waals surface area contributed by atoms with E-state index in [0.717, 1.165) is 11.4 Å². The van der Waals surface area contributed by atoms with E-state index < -0.39 is 30.4 Å². The number of carboxylic acids is 1. The number of thiol groups is 2. The standard InChI is InChI=1S/C6H11NO4S.C3H9NOS/c1-4(12)6(11)7(3-8)2-5(9)10;1-2-4(6)3-5/h4,8,12H,2-3H2,1H3,(H,9,10);5-6H,2-3H2,1H3. The lowest BCUT2D eigenvalue weighted by atomic mass is 10.4. The zero-order valence-electron chi connectivity index (χ0n) is 10.4.